The molecule has 0 atom stereocenters. The first-order valence-electron chi connectivity index (χ1n) is 7.86. The van der Waals surface area contributed by atoms with Crippen molar-refractivity contribution in [2.75, 3.05) is 37.8 Å². The number of carbonyl (C=O) groups is 1. The van der Waals surface area contributed by atoms with E-state index in [1.165, 1.54) is 18.2 Å². The van der Waals surface area contributed by atoms with E-state index in [4.69, 9.17) is 11.6 Å². The highest BCUT2D eigenvalue weighted by molar-refractivity contribution is 6.31. The predicted octanol–water partition coefficient (Wildman–Crippen LogP) is 3.19. The van der Waals surface area contributed by atoms with E-state index in [0.29, 0.717) is 17.3 Å². The fraction of sp³-hybridized carbons (Fsp3) is 0.353. The van der Waals surface area contributed by atoms with Crippen LogP contribution in [0.15, 0.2) is 24.3 Å². The minimum atomic E-state index is -0.540. The molecule has 25 heavy (non-hydrogen) atoms. The summed E-state index contributed by atoms with van der Waals surface area (Å²) in [6, 6.07) is 5.57. The Kier molecular flexibility index (Phi) is 6.66. The van der Waals surface area contributed by atoms with Crippen LogP contribution in [-0.2, 0) is 0 Å². The van der Waals surface area contributed by atoms with Crippen molar-refractivity contribution >= 4 is 29.0 Å². The van der Waals surface area contributed by atoms with Gasteiger partial charge < -0.3 is 15.5 Å². The van der Waals surface area contributed by atoms with Gasteiger partial charge in [0.1, 0.15) is 23.2 Å². The number of carbonyl (C=O) groups excluding carboxylic acids is 1. The molecule has 1 aromatic heterocycles. The van der Waals surface area contributed by atoms with Crippen LogP contribution in [0.3, 0.4) is 0 Å². The van der Waals surface area contributed by atoms with Gasteiger partial charge in [0.2, 0.25) is 0 Å². The van der Waals surface area contributed by atoms with Crippen molar-refractivity contribution in [2.24, 2.45) is 0 Å². The van der Waals surface area contributed by atoms with Crippen LogP contribution in [0.1, 0.15) is 22.7 Å². The third-order valence-corrected chi connectivity index (χ3v) is 3.63. The van der Waals surface area contributed by atoms with E-state index in [-0.39, 0.29) is 10.7 Å². The number of hydrogen-bond acceptors (Lipinski definition) is 5. The molecule has 8 heteroatoms. The predicted molar refractivity (Wildman–Crippen MR) is 97.8 cm³/mol. The van der Waals surface area contributed by atoms with E-state index in [0.717, 1.165) is 19.5 Å². The number of aryl methyl sites for hydroxylation is 1. The molecule has 0 saturated carbocycles. The van der Waals surface area contributed by atoms with Crippen LogP contribution in [0.4, 0.5) is 15.9 Å². The van der Waals surface area contributed by atoms with Gasteiger partial charge in [0.05, 0.1) is 5.02 Å². The van der Waals surface area contributed by atoms with Crippen molar-refractivity contribution in [1.29, 1.82) is 0 Å². The van der Waals surface area contributed by atoms with Gasteiger partial charge in [-0.1, -0.05) is 11.6 Å². The van der Waals surface area contributed by atoms with Crippen molar-refractivity contribution in [3.8, 4) is 0 Å². The molecule has 1 amide bonds. The first kappa shape index (κ1) is 19.1. The maximum atomic E-state index is 13.2. The Labute approximate surface area is 151 Å². The van der Waals surface area contributed by atoms with Gasteiger partial charge in [-0.2, -0.15) is 0 Å². The topological polar surface area (TPSA) is 70.2 Å². The Morgan fingerprint density at radius 1 is 1.28 bits per heavy atom. The summed E-state index contributed by atoms with van der Waals surface area (Å²) in [5.74, 6) is 0.125. The largest absolute Gasteiger partial charge is 0.370 e. The summed E-state index contributed by atoms with van der Waals surface area (Å²) < 4.78 is 13.2. The van der Waals surface area contributed by atoms with Crippen LogP contribution in [-0.4, -0.2) is 48.0 Å². The number of amides is 1. The Balaban J connectivity index is 2.04. The molecule has 0 unspecified atom stereocenters. The van der Waals surface area contributed by atoms with Crippen molar-refractivity contribution in [3.05, 3.63) is 46.6 Å². The number of nitrogens with one attached hydrogen (secondary N) is 2. The molecule has 0 saturated heterocycles. The molecule has 0 aliphatic heterocycles. The van der Waals surface area contributed by atoms with Crippen LogP contribution in [0.25, 0.3) is 0 Å². The van der Waals surface area contributed by atoms with E-state index >= 15 is 0 Å². The van der Waals surface area contributed by atoms with Gasteiger partial charge in [0, 0.05) is 18.3 Å². The fourth-order valence-corrected chi connectivity index (χ4v) is 2.34. The summed E-state index contributed by atoms with van der Waals surface area (Å²) >= 11 is 5.72. The summed E-state index contributed by atoms with van der Waals surface area (Å²) in [4.78, 5) is 22.9. The third-order valence-electron chi connectivity index (χ3n) is 3.34. The third kappa shape index (κ3) is 5.95. The highest BCUT2D eigenvalue weighted by atomic mass is 35.5. The molecular weight excluding hydrogens is 345 g/mol. The second kappa shape index (κ2) is 8.73. The molecule has 0 spiro atoms. The number of aromatic nitrogens is 2. The Morgan fingerprint density at radius 2 is 2.04 bits per heavy atom. The van der Waals surface area contributed by atoms with E-state index < -0.39 is 11.7 Å². The molecule has 134 valence electrons. The quantitative estimate of drug-likeness (QED) is 0.737. The van der Waals surface area contributed by atoms with E-state index in [1.807, 2.05) is 14.1 Å². The fourth-order valence-electron chi connectivity index (χ4n) is 2.16. The maximum Gasteiger partial charge on any atom is 0.274 e. The molecule has 0 bridgehead atoms. The lowest BCUT2D eigenvalue weighted by Crippen LogP contribution is -2.18. The summed E-state index contributed by atoms with van der Waals surface area (Å²) in [5, 5.41) is 5.78. The van der Waals surface area contributed by atoms with E-state index in [1.54, 1.807) is 13.0 Å². The van der Waals surface area contributed by atoms with Gasteiger partial charge in [-0.25, -0.2) is 14.4 Å². The minimum Gasteiger partial charge on any atom is -0.370 e. The number of halogens is 2. The zero-order chi connectivity index (χ0) is 18.4. The molecule has 0 fully saturated rings. The first-order chi connectivity index (χ1) is 11.8. The van der Waals surface area contributed by atoms with Crippen molar-refractivity contribution in [2.45, 2.75) is 13.3 Å². The Morgan fingerprint density at radius 3 is 2.72 bits per heavy atom. The standard InChI is InChI=1S/C17H21ClFN5O/c1-11-21-15(10-16(22-11)20-7-4-8-24(2)3)17(25)23-12-5-6-14(19)13(18)9-12/h5-6,9-10H,4,7-8H2,1-3H3,(H,23,25)(H,20,21,22). The van der Waals surface area contributed by atoms with Crippen molar-refractivity contribution < 1.29 is 9.18 Å². The monoisotopic (exact) mass is 365 g/mol. The van der Waals surface area contributed by atoms with Gasteiger partial charge in [0.15, 0.2) is 0 Å². The lowest BCUT2D eigenvalue weighted by atomic mass is 10.3. The summed E-state index contributed by atoms with van der Waals surface area (Å²) in [6.45, 7) is 3.41. The molecule has 1 heterocycles. The van der Waals surface area contributed by atoms with Crippen LogP contribution in [0, 0.1) is 12.7 Å². The van der Waals surface area contributed by atoms with E-state index in [2.05, 4.69) is 25.5 Å². The number of nitrogens with zero attached hydrogens (tertiary/aromatic N) is 3. The van der Waals surface area contributed by atoms with Gasteiger partial charge in [-0.3, -0.25) is 4.79 Å². The molecule has 0 aliphatic carbocycles. The van der Waals surface area contributed by atoms with Gasteiger partial charge in [-0.15, -0.1) is 0 Å². The molecule has 6 nitrogen and oxygen atoms in total. The second-order valence-electron chi connectivity index (χ2n) is 5.85. The van der Waals surface area contributed by atoms with Gasteiger partial charge >= 0.3 is 0 Å². The minimum absolute atomic E-state index is 0.0556. The average Bonchev–Trinajstić information content (AvgIpc) is 2.54. The van der Waals surface area contributed by atoms with Crippen LogP contribution < -0.4 is 10.6 Å². The maximum absolute atomic E-state index is 13.2. The zero-order valence-electron chi connectivity index (χ0n) is 14.4. The second-order valence-corrected chi connectivity index (χ2v) is 6.26. The highest BCUT2D eigenvalue weighted by Gasteiger charge is 2.12. The van der Waals surface area contributed by atoms with Gasteiger partial charge in [-0.05, 0) is 52.2 Å². The first-order valence-corrected chi connectivity index (χ1v) is 8.23. The number of rotatable bonds is 7. The van der Waals surface area contributed by atoms with Crippen LogP contribution in [0.2, 0.25) is 5.02 Å². The average molecular weight is 366 g/mol. The Hall–Kier alpha value is -2.25. The number of hydrogen-bond donors (Lipinski definition) is 2. The Bertz CT molecular complexity index is 754. The van der Waals surface area contributed by atoms with Crippen LogP contribution >= 0.6 is 11.6 Å². The van der Waals surface area contributed by atoms with Crippen molar-refractivity contribution in [3.63, 3.8) is 0 Å². The molecule has 2 aromatic rings. The zero-order valence-corrected chi connectivity index (χ0v) is 15.2. The normalized spacial score (nSPS) is 10.8. The van der Waals surface area contributed by atoms with Crippen molar-refractivity contribution in [1.82, 2.24) is 14.9 Å². The SMILES string of the molecule is Cc1nc(NCCCN(C)C)cc(C(=O)Nc2ccc(F)c(Cl)c2)n1. The van der Waals surface area contributed by atoms with Gasteiger partial charge in [0.25, 0.3) is 5.91 Å². The molecule has 2 rings (SSSR count). The highest BCUT2D eigenvalue weighted by Crippen LogP contribution is 2.20. The molecular formula is C17H21ClFN5O. The summed E-state index contributed by atoms with van der Waals surface area (Å²) in [5.41, 5.74) is 0.621. The lowest BCUT2D eigenvalue weighted by Gasteiger charge is -2.11. The van der Waals surface area contributed by atoms with E-state index in [9.17, 15) is 9.18 Å². The molecule has 0 radical (unpaired) electrons. The molecule has 0 aliphatic rings. The molecule has 2 N–H and O–H groups in total. The van der Waals surface area contributed by atoms with Crippen LogP contribution in [0.5, 0.6) is 0 Å². The summed E-state index contributed by atoms with van der Waals surface area (Å²) in [6.07, 6.45) is 0.950. The number of benzene rings is 1. The summed E-state index contributed by atoms with van der Waals surface area (Å²) in [7, 11) is 4.03. The molecule has 1 aromatic carbocycles. The number of anilines is 2. The lowest BCUT2D eigenvalue weighted by molar-refractivity contribution is 0.102. The smallest absolute Gasteiger partial charge is 0.274 e.